The molecule has 4 nitrogen and oxygen atoms in total. The minimum Gasteiger partial charge on any atom is -0.396 e. The topological polar surface area (TPSA) is 55.1 Å². The van der Waals surface area contributed by atoms with Crippen molar-refractivity contribution >= 4 is 17.4 Å². The summed E-state index contributed by atoms with van der Waals surface area (Å²) in [6.45, 7) is 3.39. The zero-order chi connectivity index (χ0) is 12.3. The number of aryl methyl sites for hydroxylation is 2. The molecule has 1 heterocycles. The standard InChI is InChI=1S/C11H17ClN2O2/c1-7-11(12)10(14(3)13-7)6-9(4-5-15)8(2)16/h9,15H,4-6H2,1-3H3. The van der Waals surface area contributed by atoms with E-state index in [9.17, 15) is 4.79 Å². The largest absolute Gasteiger partial charge is 0.396 e. The number of aromatic nitrogens is 2. The van der Waals surface area contributed by atoms with Gasteiger partial charge in [0, 0.05) is 26.0 Å². The lowest BCUT2D eigenvalue weighted by Gasteiger charge is -2.12. The molecule has 0 aliphatic rings. The van der Waals surface area contributed by atoms with Crippen molar-refractivity contribution in [1.29, 1.82) is 0 Å². The Morgan fingerprint density at radius 2 is 2.25 bits per heavy atom. The second-order valence-corrected chi connectivity index (χ2v) is 4.37. The Morgan fingerprint density at radius 3 is 2.62 bits per heavy atom. The molecule has 0 aromatic carbocycles. The lowest BCUT2D eigenvalue weighted by Crippen LogP contribution is -2.17. The fourth-order valence-corrected chi connectivity index (χ4v) is 1.98. The number of aliphatic hydroxyl groups is 1. The maximum atomic E-state index is 11.4. The van der Waals surface area contributed by atoms with Gasteiger partial charge in [0.05, 0.1) is 16.4 Å². The Bertz CT molecular complexity index is 388. The van der Waals surface area contributed by atoms with Crippen LogP contribution in [0, 0.1) is 12.8 Å². The Morgan fingerprint density at radius 1 is 1.62 bits per heavy atom. The van der Waals surface area contributed by atoms with E-state index in [-0.39, 0.29) is 18.3 Å². The zero-order valence-electron chi connectivity index (χ0n) is 9.83. The number of carbonyl (C=O) groups is 1. The van der Waals surface area contributed by atoms with Crippen LogP contribution in [-0.4, -0.2) is 27.3 Å². The van der Waals surface area contributed by atoms with Gasteiger partial charge in [-0.3, -0.25) is 9.48 Å². The predicted molar refractivity (Wildman–Crippen MR) is 62.5 cm³/mol. The van der Waals surface area contributed by atoms with Gasteiger partial charge in [-0.05, 0) is 20.3 Å². The molecular formula is C11H17ClN2O2. The van der Waals surface area contributed by atoms with Gasteiger partial charge in [0.2, 0.25) is 0 Å². The lowest BCUT2D eigenvalue weighted by atomic mass is 9.96. The van der Waals surface area contributed by atoms with Gasteiger partial charge in [0.1, 0.15) is 5.78 Å². The quantitative estimate of drug-likeness (QED) is 0.854. The molecule has 1 atom stereocenters. The highest BCUT2D eigenvalue weighted by molar-refractivity contribution is 6.31. The molecule has 0 aliphatic heterocycles. The summed E-state index contributed by atoms with van der Waals surface area (Å²) in [5.74, 6) is -0.110. The molecule has 90 valence electrons. The Hall–Kier alpha value is -0.870. The number of rotatable bonds is 5. The average Bonchev–Trinajstić information content (AvgIpc) is 2.43. The van der Waals surface area contributed by atoms with Gasteiger partial charge in [-0.25, -0.2) is 0 Å². The van der Waals surface area contributed by atoms with E-state index in [1.807, 2.05) is 14.0 Å². The van der Waals surface area contributed by atoms with E-state index in [1.165, 1.54) is 6.92 Å². The first-order chi connectivity index (χ1) is 7.47. The first-order valence-corrected chi connectivity index (χ1v) is 5.64. The second-order valence-electron chi connectivity index (χ2n) is 3.99. The minimum absolute atomic E-state index is 0.0126. The molecule has 0 saturated carbocycles. The number of halogens is 1. The summed E-state index contributed by atoms with van der Waals surface area (Å²) >= 11 is 6.11. The van der Waals surface area contributed by atoms with E-state index in [0.717, 1.165) is 11.4 Å². The third-order valence-electron chi connectivity index (χ3n) is 2.75. The van der Waals surface area contributed by atoms with Crippen LogP contribution in [0.1, 0.15) is 24.7 Å². The number of hydrogen-bond donors (Lipinski definition) is 1. The molecule has 5 heteroatoms. The highest BCUT2D eigenvalue weighted by Gasteiger charge is 2.19. The number of hydrogen-bond acceptors (Lipinski definition) is 3. The van der Waals surface area contributed by atoms with Crippen LogP contribution in [-0.2, 0) is 18.3 Å². The molecule has 1 N–H and O–H groups in total. The maximum Gasteiger partial charge on any atom is 0.133 e. The minimum atomic E-state index is -0.183. The zero-order valence-corrected chi connectivity index (χ0v) is 10.6. The number of Topliss-reactive ketones (excluding diaryl/α,β-unsaturated/α-hetero) is 1. The Labute approximate surface area is 100 Å². The van der Waals surface area contributed by atoms with Crippen molar-refractivity contribution in [2.24, 2.45) is 13.0 Å². The summed E-state index contributed by atoms with van der Waals surface area (Å²) in [6.07, 6.45) is 1.00. The molecular weight excluding hydrogens is 228 g/mol. The summed E-state index contributed by atoms with van der Waals surface area (Å²) in [5, 5.41) is 13.7. The maximum absolute atomic E-state index is 11.4. The normalized spacial score (nSPS) is 12.8. The van der Waals surface area contributed by atoms with Crippen molar-refractivity contribution in [3.05, 3.63) is 16.4 Å². The highest BCUT2D eigenvalue weighted by Crippen LogP contribution is 2.23. The fourth-order valence-electron chi connectivity index (χ4n) is 1.74. The molecule has 0 radical (unpaired) electrons. The van der Waals surface area contributed by atoms with Gasteiger partial charge >= 0.3 is 0 Å². The molecule has 0 aliphatic carbocycles. The van der Waals surface area contributed by atoms with E-state index in [4.69, 9.17) is 16.7 Å². The summed E-state index contributed by atoms with van der Waals surface area (Å²) in [5.41, 5.74) is 1.62. The second kappa shape index (κ2) is 5.46. The Balaban J connectivity index is 2.88. The van der Waals surface area contributed by atoms with Crippen molar-refractivity contribution in [3.63, 3.8) is 0 Å². The van der Waals surface area contributed by atoms with Crippen molar-refractivity contribution in [2.75, 3.05) is 6.61 Å². The molecule has 0 fully saturated rings. The Kier molecular flexibility index (Phi) is 4.50. The predicted octanol–water partition coefficient (Wildman–Crippen LogP) is 1.51. The van der Waals surface area contributed by atoms with Crippen LogP contribution in [0.5, 0.6) is 0 Å². The van der Waals surface area contributed by atoms with Gasteiger partial charge < -0.3 is 5.11 Å². The van der Waals surface area contributed by atoms with Crippen LogP contribution < -0.4 is 0 Å². The third-order valence-corrected chi connectivity index (χ3v) is 3.25. The van der Waals surface area contributed by atoms with Crippen LogP contribution in [0.2, 0.25) is 5.02 Å². The molecule has 0 spiro atoms. The van der Waals surface area contributed by atoms with E-state index >= 15 is 0 Å². The molecule has 16 heavy (non-hydrogen) atoms. The average molecular weight is 245 g/mol. The monoisotopic (exact) mass is 244 g/mol. The van der Waals surface area contributed by atoms with E-state index in [0.29, 0.717) is 17.9 Å². The van der Waals surface area contributed by atoms with Gasteiger partial charge in [0.25, 0.3) is 0 Å². The molecule has 1 rings (SSSR count). The molecule has 1 unspecified atom stereocenters. The van der Waals surface area contributed by atoms with Crippen molar-refractivity contribution < 1.29 is 9.90 Å². The molecule has 0 saturated heterocycles. The SMILES string of the molecule is CC(=O)C(CCO)Cc1c(Cl)c(C)nn1C. The molecule has 1 aromatic rings. The summed E-state index contributed by atoms with van der Waals surface area (Å²) in [7, 11) is 1.81. The van der Waals surface area contributed by atoms with Crippen LogP contribution in [0.25, 0.3) is 0 Å². The number of carbonyl (C=O) groups excluding carboxylic acids is 1. The van der Waals surface area contributed by atoms with Crippen LogP contribution in [0.3, 0.4) is 0 Å². The van der Waals surface area contributed by atoms with Gasteiger partial charge in [-0.15, -0.1) is 0 Å². The van der Waals surface area contributed by atoms with Crippen LogP contribution in [0.15, 0.2) is 0 Å². The lowest BCUT2D eigenvalue weighted by molar-refractivity contribution is -0.121. The fraction of sp³-hybridized carbons (Fsp3) is 0.636. The van der Waals surface area contributed by atoms with Gasteiger partial charge in [-0.2, -0.15) is 5.10 Å². The first-order valence-electron chi connectivity index (χ1n) is 5.26. The third kappa shape index (κ3) is 2.83. The number of nitrogens with zero attached hydrogens (tertiary/aromatic N) is 2. The smallest absolute Gasteiger partial charge is 0.133 e. The summed E-state index contributed by atoms with van der Waals surface area (Å²) in [4.78, 5) is 11.4. The van der Waals surface area contributed by atoms with E-state index in [2.05, 4.69) is 5.10 Å². The summed E-state index contributed by atoms with van der Waals surface area (Å²) < 4.78 is 1.70. The van der Waals surface area contributed by atoms with Gasteiger partial charge in [-0.1, -0.05) is 11.6 Å². The number of ketones is 1. The van der Waals surface area contributed by atoms with Crippen molar-refractivity contribution in [2.45, 2.75) is 26.7 Å². The van der Waals surface area contributed by atoms with Gasteiger partial charge in [0.15, 0.2) is 0 Å². The first kappa shape index (κ1) is 13.2. The van der Waals surface area contributed by atoms with Crippen LogP contribution >= 0.6 is 11.6 Å². The highest BCUT2D eigenvalue weighted by atomic mass is 35.5. The van der Waals surface area contributed by atoms with Crippen molar-refractivity contribution in [1.82, 2.24) is 9.78 Å². The molecule has 0 amide bonds. The van der Waals surface area contributed by atoms with Crippen LogP contribution in [0.4, 0.5) is 0 Å². The molecule has 0 bridgehead atoms. The number of aliphatic hydroxyl groups excluding tert-OH is 1. The molecule has 1 aromatic heterocycles. The van der Waals surface area contributed by atoms with Crippen molar-refractivity contribution in [3.8, 4) is 0 Å². The summed E-state index contributed by atoms with van der Waals surface area (Å²) in [6, 6.07) is 0. The van der Waals surface area contributed by atoms with E-state index < -0.39 is 0 Å². The van der Waals surface area contributed by atoms with E-state index in [1.54, 1.807) is 4.68 Å².